The maximum absolute atomic E-state index is 12.7. The normalized spacial score (nSPS) is 24.9. The molecule has 1 atom stereocenters. The standard InChI is InChI=1S/C17H19N3O5S/c1-12-9-14(25-18-12)16(21)20-8-7-17(11-20)10-19(2)26(22,23)15-6-4-3-5-13(15)24-17/h3-6,9H,7-8,10-11H2,1-2H3. The third kappa shape index (κ3) is 2.67. The monoisotopic (exact) mass is 377 g/mol. The van der Waals surface area contributed by atoms with Crippen LogP contribution in [-0.4, -0.2) is 61.0 Å². The number of carbonyl (C=O) groups excluding carboxylic acids is 1. The van der Waals surface area contributed by atoms with E-state index in [1.165, 1.54) is 17.4 Å². The predicted octanol–water partition coefficient (Wildman–Crippen LogP) is 1.28. The minimum absolute atomic E-state index is 0.148. The van der Waals surface area contributed by atoms with Crippen molar-refractivity contribution in [3.8, 4) is 5.75 Å². The van der Waals surface area contributed by atoms with Crippen molar-refractivity contribution in [2.45, 2.75) is 23.8 Å². The van der Waals surface area contributed by atoms with Gasteiger partial charge in [0.15, 0.2) is 0 Å². The number of hydrogen-bond acceptors (Lipinski definition) is 6. The van der Waals surface area contributed by atoms with Gasteiger partial charge in [0.25, 0.3) is 5.91 Å². The molecule has 1 amide bonds. The Hall–Kier alpha value is -2.39. The fourth-order valence-corrected chi connectivity index (χ4v) is 4.88. The summed E-state index contributed by atoms with van der Waals surface area (Å²) in [7, 11) is -2.10. The van der Waals surface area contributed by atoms with E-state index < -0.39 is 15.6 Å². The molecule has 1 saturated heterocycles. The topological polar surface area (TPSA) is 93.0 Å². The minimum Gasteiger partial charge on any atom is -0.483 e. The van der Waals surface area contributed by atoms with Crippen LogP contribution < -0.4 is 4.74 Å². The third-order valence-electron chi connectivity index (χ3n) is 4.82. The first-order valence-electron chi connectivity index (χ1n) is 8.28. The van der Waals surface area contributed by atoms with Crippen molar-refractivity contribution in [2.75, 3.05) is 26.7 Å². The highest BCUT2D eigenvalue weighted by Crippen LogP contribution is 2.38. The number of aryl methyl sites for hydroxylation is 1. The zero-order valence-corrected chi connectivity index (χ0v) is 15.3. The number of para-hydroxylation sites is 1. The lowest BCUT2D eigenvalue weighted by atomic mass is 10.0. The zero-order chi connectivity index (χ0) is 18.5. The maximum atomic E-state index is 12.7. The summed E-state index contributed by atoms with van der Waals surface area (Å²) in [5, 5.41) is 3.75. The summed E-state index contributed by atoms with van der Waals surface area (Å²) in [6.07, 6.45) is 0.528. The number of likely N-dealkylation sites (tertiary alicyclic amines) is 1. The van der Waals surface area contributed by atoms with Gasteiger partial charge in [0.1, 0.15) is 16.2 Å². The summed E-state index contributed by atoms with van der Waals surface area (Å²) in [5.41, 5.74) is -0.160. The smallest absolute Gasteiger partial charge is 0.292 e. The molecular weight excluding hydrogens is 358 g/mol. The van der Waals surface area contributed by atoms with E-state index in [4.69, 9.17) is 9.26 Å². The number of rotatable bonds is 1. The van der Waals surface area contributed by atoms with Crippen molar-refractivity contribution in [3.05, 3.63) is 41.8 Å². The Labute approximate surface area is 151 Å². The molecule has 9 heteroatoms. The molecule has 1 aromatic carbocycles. The molecule has 0 radical (unpaired) electrons. The number of fused-ring (bicyclic) bond motifs is 1. The van der Waals surface area contributed by atoms with E-state index in [2.05, 4.69) is 5.16 Å². The van der Waals surface area contributed by atoms with Crippen LogP contribution in [0.4, 0.5) is 0 Å². The van der Waals surface area contributed by atoms with Gasteiger partial charge in [0, 0.05) is 26.1 Å². The van der Waals surface area contributed by atoms with Gasteiger partial charge in [-0.1, -0.05) is 17.3 Å². The molecular formula is C17H19N3O5S. The van der Waals surface area contributed by atoms with E-state index in [0.717, 1.165) is 0 Å². The number of ether oxygens (including phenoxy) is 1. The molecule has 1 spiro atoms. The second-order valence-electron chi connectivity index (χ2n) is 6.80. The van der Waals surface area contributed by atoms with Crippen LogP contribution in [0.1, 0.15) is 22.7 Å². The van der Waals surface area contributed by atoms with Gasteiger partial charge in [0.2, 0.25) is 15.8 Å². The molecule has 0 aliphatic carbocycles. The summed E-state index contributed by atoms with van der Waals surface area (Å²) in [5.74, 6) is 0.227. The van der Waals surface area contributed by atoms with Crippen LogP contribution in [0.5, 0.6) is 5.75 Å². The Morgan fingerprint density at radius 3 is 2.77 bits per heavy atom. The van der Waals surface area contributed by atoms with E-state index >= 15 is 0 Å². The van der Waals surface area contributed by atoms with E-state index in [-0.39, 0.29) is 29.7 Å². The largest absolute Gasteiger partial charge is 0.483 e. The van der Waals surface area contributed by atoms with Gasteiger partial charge in [-0.25, -0.2) is 8.42 Å². The fourth-order valence-electron chi connectivity index (χ4n) is 3.52. The van der Waals surface area contributed by atoms with Crippen LogP contribution in [0.25, 0.3) is 0 Å². The number of hydrogen-bond donors (Lipinski definition) is 0. The Kier molecular flexibility index (Phi) is 3.81. The van der Waals surface area contributed by atoms with Crippen molar-refractivity contribution in [1.82, 2.24) is 14.4 Å². The number of carbonyl (C=O) groups is 1. The molecule has 1 unspecified atom stereocenters. The Bertz CT molecular complexity index is 970. The number of amides is 1. The minimum atomic E-state index is -3.63. The second-order valence-corrected chi connectivity index (χ2v) is 8.82. The Balaban J connectivity index is 1.65. The highest BCUT2D eigenvalue weighted by atomic mass is 32.2. The van der Waals surface area contributed by atoms with Crippen molar-refractivity contribution in [1.29, 1.82) is 0 Å². The molecule has 2 aliphatic heterocycles. The summed E-state index contributed by atoms with van der Waals surface area (Å²) >= 11 is 0. The van der Waals surface area contributed by atoms with Gasteiger partial charge in [-0.15, -0.1) is 0 Å². The van der Waals surface area contributed by atoms with Gasteiger partial charge in [-0.2, -0.15) is 4.31 Å². The molecule has 0 saturated carbocycles. The fraction of sp³-hybridized carbons (Fsp3) is 0.412. The molecule has 0 bridgehead atoms. The molecule has 0 N–H and O–H groups in total. The molecule has 26 heavy (non-hydrogen) atoms. The van der Waals surface area contributed by atoms with Gasteiger partial charge >= 0.3 is 0 Å². The van der Waals surface area contributed by atoms with E-state index in [0.29, 0.717) is 24.4 Å². The quantitative estimate of drug-likeness (QED) is 0.743. The van der Waals surface area contributed by atoms with Gasteiger partial charge in [-0.3, -0.25) is 4.79 Å². The predicted molar refractivity (Wildman–Crippen MR) is 91.4 cm³/mol. The second kappa shape index (κ2) is 5.82. The molecule has 4 rings (SSSR count). The highest BCUT2D eigenvalue weighted by Gasteiger charge is 2.48. The van der Waals surface area contributed by atoms with Crippen LogP contribution in [0, 0.1) is 6.92 Å². The molecule has 2 aliphatic rings. The highest BCUT2D eigenvalue weighted by molar-refractivity contribution is 7.89. The first-order chi connectivity index (χ1) is 12.3. The lowest BCUT2D eigenvalue weighted by molar-refractivity contribution is 0.0525. The van der Waals surface area contributed by atoms with Gasteiger partial charge in [0.05, 0.1) is 18.8 Å². The van der Waals surface area contributed by atoms with E-state index in [9.17, 15) is 13.2 Å². The van der Waals surface area contributed by atoms with E-state index in [1.54, 1.807) is 36.1 Å². The van der Waals surface area contributed by atoms with Crippen molar-refractivity contribution >= 4 is 15.9 Å². The van der Waals surface area contributed by atoms with E-state index in [1.807, 2.05) is 0 Å². The van der Waals surface area contributed by atoms with Crippen molar-refractivity contribution in [2.24, 2.45) is 0 Å². The summed E-state index contributed by atoms with van der Waals surface area (Å²) in [6, 6.07) is 8.19. The third-order valence-corrected chi connectivity index (χ3v) is 6.66. The lowest BCUT2D eigenvalue weighted by Gasteiger charge is -2.30. The van der Waals surface area contributed by atoms with Crippen LogP contribution in [-0.2, 0) is 10.0 Å². The summed E-state index contributed by atoms with van der Waals surface area (Å²) in [6.45, 7) is 2.65. The number of likely N-dealkylation sites (N-methyl/N-ethyl adjacent to an activating group) is 1. The first-order valence-corrected chi connectivity index (χ1v) is 9.72. The molecule has 2 aromatic rings. The lowest BCUT2D eigenvalue weighted by Crippen LogP contribution is -2.48. The van der Waals surface area contributed by atoms with Crippen LogP contribution in [0.3, 0.4) is 0 Å². The van der Waals surface area contributed by atoms with Crippen LogP contribution >= 0.6 is 0 Å². The Morgan fingerprint density at radius 2 is 2.04 bits per heavy atom. The SMILES string of the molecule is Cc1cc(C(=O)N2CCC3(C2)CN(C)S(=O)(=O)c2ccccc2O3)on1. The van der Waals surface area contributed by atoms with Crippen molar-refractivity contribution < 1.29 is 22.5 Å². The van der Waals surface area contributed by atoms with Crippen LogP contribution in [0.2, 0.25) is 0 Å². The van der Waals surface area contributed by atoms with Gasteiger partial charge < -0.3 is 14.2 Å². The molecule has 138 valence electrons. The number of sulfonamides is 1. The number of benzene rings is 1. The summed E-state index contributed by atoms with van der Waals surface area (Å²) in [4.78, 5) is 14.4. The molecule has 1 aromatic heterocycles. The average Bonchev–Trinajstić information content (AvgIpc) is 3.19. The molecule has 3 heterocycles. The van der Waals surface area contributed by atoms with Crippen molar-refractivity contribution in [3.63, 3.8) is 0 Å². The zero-order valence-electron chi connectivity index (χ0n) is 14.5. The average molecular weight is 377 g/mol. The summed E-state index contributed by atoms with van der Waals surface area (Å²) < 4.78 is 38.0. The molecule has 1 fully saturated rings. The Morgan fingerprint density at radius 1 is 1.27 bits per heavy atom. The number of aromatic nitrogens is 1. The van der Waals surface area contributed by atoms with Crippen LogP contribution in [0.15, 0.2) is 39.8 Å². The first kappa shape index (κ1) is 17.0. The maximum Gasteiger partial charge on any atom is 0.292 e. The van der Waals surface area contributed by atoms with Gasteiger partial charge in [-0.05, 0) is 19.1 Å². The molecule has 8 nitrogen and oxygen atoms in total. The number of nitrogens with zero attached hydrogens (tertiary/aromatic N) is 3.